The number of hydrogen-bond acceptors (Lipinski definition) is 9. The third-order valence-corrected chi connectivity index (χ3v) is 8.26. The van der Waals surface area contributed by atoms with Crippen LogP contribution in [0.4, 0.5) is 5.13 Å². The molecule has 3 aromatic carbocycles. The van der Waals surface area contributed by atoms with Gasteiger partial charge in [0.25, 0.3) is 5.91 Å². The molecule has 1 heterocycles. The van der Waals surface area contributed by atoms with Gasteiger partial charge < -0.3 is 14.2 Å². The summed E-state index contributed by atoms with van der Waals surface area (Å²) in [6, 6.07) is 17.8. The second-order valence-corrected chi connectivity index (χ2v) is 11.0. The lowest BCUT2D eigenvalue weighted by Crippen LogP contribution is -2.25. The highest BCUT2D eigenvalue weighted by atomic mass is 32.2. The number of carbonyl (C=O) groups is 1. The van der Waals surface area contributed by atoms with Gasteiger partial charge in [-0.05, 0) is 48.5 Å². The number of anilines is 1. The first-order valence-corrected chi connectivity index (χ1v) is 13.6. The zero-order valence-corrected chi connectivity index (χ0v) is 21.9. The number of aromatic nitrogens is 1. The number of methoxy groups -OCH3 is 2. The summed E-state index contributed by atoms with van der Waals surface area (Å²) in [5, 5.41) is 12.2. The van der Waals surface area contributed by atoms with Gasteiger partial charge in [-0.15, -0.1) is 0 Å². The molecule has 9 nitrogen and oxygen atoms in total. The molecule has 0 fully saturated rings. The van der Waals surface area contributed by atoms with Crippen molar-refractivity contribution in [3.8, 4) is 23.3 Å². The van der Waals surface area contributed by atoms with Crippen LogP contribution in [0.15, 0.2) is 65.6 Å². The molecule has 11 heteroatoms. The van der Waals surface area contributed by atoms with Crippen molar-refractivity contribution in [1.82, 2.24) is 4.98 Å². The van der Waals surface area contributed by atoms with Crippen LogP contribution in [-0.2, 0) is 14.6 Å². The zero-order chi connectivity index (χ0) is 26.6. The van der Waals surface area contributed by atoms with E-state index in [1.807, 2.05) is 6.07 Å². The third kappa shape index (κ3) is 5.50. The first-order chi connectivity index (χ1) is 17.8. The fraction of sp³-hybridized carbons (Fsp3) is 0.192. The minimum Gasteiger partial charge on any atom is -0.493 e. The van der Waals surface area contributed by atoms with Crippen molar-refractivity contribution in [2.45, 2.75) is 17.9 Å². The van der Waals surface area contributed by atoms with Crippen molar-refractivity contribution in [3.63, 3.8) is 0 Å². The molecule has 0 saturated heterocycles. The Kier molecular flexibility index (Phi) is 7.61. The molecule has 1 unspecified atom stereocenters. The van der Waals surface area contributed by atoms with Crippen LogP contribution in [0, 0.1) is 11.3 Å². The highest BCUT2D eigenvalue weighted by Gasteiger charge is 2.26. The minimum absolute atomic E-state index is 0.0378. The average molecular weight is 538 g/mol. The second-order valence-electron chi connectivity index (χ2n) is 7.76. The van der Waals surface area contributed by atoms with Crippen LogP contribution in [0.25, 0.3) is 10.2 Å². The maximum absolute atomic E-state index is 13.4. The quantitative estimate of drug-likeness (QED) is 0.324. The van der Waals surface area contributed by atoms with Crippen LogP contribution in [0.5, 0.6) is 17.2 Å². The SMILES string of the molecule is CCS(=O)(=O)c1ccc(C(Oc2ccc(C#N)cc2)C(=O)Nc2nc3ccc(OC)c(OC)c3s2)cc1. The summed E-state index contributed by atoms with van der Waals surface area (Å²) >= 11 is 1.22. The molecule has 0 saturated carbocycles. The van der Waals surface area contributed by atoms with E-state index in [4.69, 9.17) is 19.5 Å². The Balaban J connectivity index is 1.67. The molecule has 4 rings (SSSR count). The van der Waals surface area contributed by atoms with Crippen LogP contribution < -0.4 is 19.5 Å². The van der Waals surface area contributed by atoms with Crippen LogP contribution >= 0.6 is 11.3 Å². The topological polar surface area (TPSA) is 128 Å². The smallest absolute Gasteiger partial charge is 0.271 e. The zero-order valence-electron chi connectivity index (χ0n) is 20.2. The Morgan fingerprint density at radius 3 is 2.35 bits per heavy atom. The van der Waals surface area contributed by atoms with Gasteiger partial charge >= 0.3 is 0 Å². The number of thiazole rings is 1. The number of rotatable bonds is 9. The summed E-state index contributed by atoms with van der Waals surface area (Å²) in [5.41, 5.74) is 1.51. The summed E-state index contributed by atoms with van der Waals surface area (Å²) in [4.78, 5) is 18.1. The van der Waals surface area contributed by atoms with E-state index < -0.39 is 21.8 Å². The average Bonchev–Trinajstić information content (AvgIpc) is 3.33. The van der Waals surface area contributed by atoms with Gasteiger partial charge in [0, 0.05) is 5.56 Å². The van der Waals surface area contributed by atoms with Crippen LogP contribution in [0.1, 0.15) is 24.2 Å². The number of nitrogens with zero attached hydrogens (tertiary/aromatic N) is 2. The Labute approximate surface area is 218 Å². The van der Waals surface area contributed by atoms with Crippen molar-refractivity contribution >= 4 is 42.4 Å². The molecule has 4 aromatic rings. The van der Waals surface area contributed by atoms with E-state index in [0.29, 0.717) is 43.7 Å². The van der Waals surface area contributed by atoms with Gasteiger partial charge in [0.15, 0.2) is 26.5 Å². The molecular weight excluding hydrogens is 514 g/mol. The van der Waals surface area contributed by atoms with Gasteiger partial charge in [-0.2, -0.15) is 5.26 Å². The van der Waals surface area contributed by atoms with Gasteiger partial charge in [-0.1, -0.05) is 30.4 Å². The second kappa shape index (κ2) is 10.9. The first kappa shape index (κ1) is 25.9. The maximum atomic E-state index is 13.4. The summed E-state index contributed by atoms with van der Waals surface area (Å²) in [7, 11) is -0.342. The number of sulfone groups is 1. The van der Waals surface area contributed by atoms with Crippen molar-refractivity contribution in [1.29, 1.82) is 5.26 Å². The van der Waals surface area contributed by atoms with Crippen molar-refractivity contribution in [2.75, 3.05) is 25.3 Å². The normalized spacial score (nSPS) is 11.9. The van der Waals surface area contributed by atoms with E-state index in [1.54, 1.807) is 55.5 Å². The number of benzene rings is 3. The number of nitrogens with one attached hydrogen (secondary N) is 1. The molecule has 0 aliphatic heterocycles. The molecule has 1 amide bonds. The number of nitriles is 1. The molecule has 0 aliphatic rings. The van der Waals surface area contributed by atoms with E-state index in [2.05, 4.69) is 10.3 Å². The molecule has 190 valence electrons. The number of amides is 1. The van der Waals surface area contributed by atoms with Gasteiger partial charge in [0.05, 0.1) is 42.0 Å². The predicted octanol–water partition coefficient (Wildman–Crippen LogP) is 4.74. The lowest BCUT2D eigenvalue weighted by molar-refractivity contribution is -0.123. The number of ether oxygens (including phenoxy) is 3. The maximum Gasteiger partial charge on any atom is 0.271 e. The summed E-state index contributed by atoms with van der Waals surface area (Å²) < 4.78 is 42.0. The molecule has 37 heavy (non-hydrogen) atoms. The lowest BCUT2D eigenvalue weighted by atomic mass is 10.1. The third-order valence-electron chi connectivity index (χ3n) is 5.53. The lowest BCUT2D eigenvalue weighted by Gasteiger charge is -2.19. The fourth-order valence-corrected chi connectivity index (χ4v) is 5.43. The molecule has 1 atom stereocenters. The van der Waals surface area contributed by atoms with E-state index in [0.717, 1.165) is 0 Å². The van der Waals surface area contributed by atoms with E-state index in [-0.39, 0.29) is 10.6 Å². The molecule has 0 spiro atoms. The van der Waals surface area contributed by atoms with Gasteiger partial charge in [-0.25, -0.2) is 13.4 Å². The molecule has 0 bridgehead atoms. The largest absolute Gasteiger partial charge is 0.493 e. The van der Waals surface area contributed by atoms with Gasteiger partial charge in [0.2, 0.25) is 6.10 Å². The van der Waals surface area contributed by atoms with Crippen molar-refractivity contribution in [3.05, 3.63) is 71.8 Å². The van der Waals surface area contributed by atoms with E-state index in [1.165, 1.54) is 37.7 Å². The Bertz CT molecular complexity index is 1570. The molecule has 0 aliphatic carbocycles. The molecule has 0 radical (unpaired) electrons. The van der Waals surface area contributed by atoms with E-state index >= 15 is 0 Å². The standard InChI is InChI=1S/C26H23N3O6S2/c1-4-37(31,32)19-11-7-17(8-12-19)22(35-18-9-5-16(15-27)6-10-18)25(30)29-26-28-20-13-14-21(33-2)23(34-3)24(20)36-26/h5-14,22H,4H2,1-3H3,(H,28,29,30). The minimum atomic E-state index is -3.41. The van der Waals surface area contributed by atoms with Crippen LogP contribution in [0.3, 0.4) is 0 Å². The molecule has 1 N–H and O–H groups in total. The van der Waals surface area contributed by atoms with Crippen LogP contribution in [-0.4, -0.2) is 39.3 Å². The Morgan fingerprint density at radius 2 is 1.76 bits per heavy atom. The first-order valence-electron chi connectivity index (χ1n) is 11.1. The number of hydrogen-bond donors (Lipinski definition) is 1. The predicted molar refractivity (Wildman–Crippen MR) is 140 cm³/mol. The summed E-state index contributed by atoms with van der Waals surface area (Å²) in [5.74, 6) is 0.862. The number of fused-ring (bicyclic) bond motifs is 1. The highest BCUT2D eigenvalue weighted by molar-refractivity contribution is 7.91. The van der Waals surface area contributed by atoms with Crippen molar-refractivity contribution < 1.29 is 27.4 Å². The Morgan fingerprint density at radius 1 is 1.05 bits per heavy atom. The van der Waals surface area contributed by atoms with Gasteiger partial charge in [-0.3, -0.25) is 10.1 Å². The van der Waals surface area contributed by atoms with E-state index in [9.17, 15) is 13.2 Å². The van der Waals surface area contributed by atoms with Crippen LogP contribution in [0.2, 0.25) is 0 Å². The highest BCUT2D eigenvalue weighted by Crippen LogP contribution is 2.40. The Hall–Kier alpha value is -4.14. The summed E-state index contributed by atoms with van der Waals surface area (Å²) in [6.45, 7) is 1.57. The van der Waals surface area contributed by atoms with Gasteiger partial charge in [0.1, 0.15) is 10.4 Å². The van der Waals surface area contributed by atoms with Crippen molar-refractivity contribution in [2.24, 2.45) is 0 Å². The molecular formula is C26H23N3O6S2. The fourth-order valence-electron chi connectivity index (χ4n) is 3.56. The monoisotopic (exact) mass is 537 g/mol. The summed E-state index contributed by atoms with van der Waals surface area (Å²) in [6.07, 6.45) is -1.13. The number of carbonyl (C=O) groups excluding carboxylic acids is 1. The molecule has 1 aromatic heterocycles.